The van der Waals surface area contributed by atoms with E-state index in [1.807, 2.05) is 41.2 Å². The van der Waals surface area contributed by atoms with Crippen molar-refractivity contribution < 1.29 is 8.42 Å². The van der Waals surface area contributed by atoms with Gasteiger partial charge in [-0.3, -0.25) is 9.40 Å². The smallest absolute Gasteiger partial charge is 0.231 e. The van der Waals surface area contributed by atoms with Crippen molar-refractivity contribution in [2.45, 2.75) is 19.4 Å². The molecule has 6 nitrogen and oxygen atoms in total. The van der Waals surface area contributed by atoms with Gasteiger partial charge in [0.15, 0.2) is 5.82 Å². The molecule has 1 aromatic heterocycles. The van der Waals surface area contributed by atoms with Gasteiger partial charge in [-0.1, -0.05) is 30.3 Å². The molecule has 1 unspecified atom stereocenters. The number of sulfonamides is 1. The van der Waals surface area contributed by atoms with Gasteiger partial charge in [-0.25, -0.2) is 8.42 Å². The van der Waals surface area contributed by atoms with Crippen molar-refractivity contribution in [3.05, 3.63) is 36.5 Å². The van der Waals surface area contributed by atoms with Gasteiger partial charge >= 0.3 is 0 Å². The molecule has 0 amide bonds. The minimum Gasteiger partial charge on any atom is -0.303 e. The van der Waals surface area contributed by atoms with Crippen LogP contribution in [0.3, 0.4) is 0 Å². The van der Waals surface area contributed by atoms with Crippen LogP contribution in [-0.2, 0) is 16.6 Å². The molecule has 1 atom stereocenters. The predicted molar refractivity (Wildman–Crippen MR) is 98.8 cm³/mol. The van der Waals surface area contributed by atoms with Crippen LogP contribution in [-0.4, -0.2) is 49.0 Å². The summed E-state index contributed by atoms with van der Waals surface area (Å²) in [5, 5.41) is 4.56. The number of hydrogen-bond donors (Lipinski definition) is 1. The van der Waals surface area contributed by atoms with Crippen LogP contribution < -0.4 is 4.72 Å². The van der Waals surface area contributed by atoms with Gasteiger partial charge in [0, 0.05) is 24.8 Å². The SMILES string of the molecule is CS(=O)(=O)Nc1nn(CC2CN3CCC2CC3)cc1-c1ccccc1. The van der Waals surface area contributed by atoms with Crippen LogP contribution in [0.5, 0.6) is 0 Å². The fourth-order valence-electron chi connectivity index (χ4n) is 4.13. The van der Waals surface area contributed by atoms with E-state index >= 15 is 0 Å². The van der Waals surface area contributed by atoms with Crippen molar-refractivity contribution in [2.75, 3.05) is 30.6 Å². The van der Waals surface area contributed by atoms with Crippen LogP contribution in [0.1, 0.15) is 12.8 Å². The zero-order valence-corrected chi connectivity index (χ0v) is 15.2. The first-order valence-electron chi connectivity index (χ1n) is 8.81. The fraction of sp³-hybridized carbons (Fsp3) is 0.500. The molecule has 0 spiro atoms. The molecular formula is C18H24N4O2S. The van der Waals surface area contributed by atoms with E-state index < -0.39 is 10.0 Å². The van der Waals surface area contributed by atoms with Gasteiger partial charge in [0.05, 0.1) is 6.26 Å². The quantitative estimate of drug-likeness (QED) is 0.888. The van der Waals surface area contributed by atoms with Crippen LogP contribution in [0.2, 0.25) is 0 Å². The molecule has 3 aliphatic rings. The highest BCUT2D eigenvalue weighted by Crippen LogP contribution is 2.34. The molecule has 2 aromatic rings. The topological polar surface area (TPSA) is 67.2 Å². The first-order valence-corrected chi connectivity index (χ1v) is 10.7. The molecule has 2 bridgehead atoms. The lowest BCUT2D eigenvalue weighted by atomic mass is 9.79. The summed E-state index contributed by atoms with van der Waals surface area (Å²) in [4.78, 5) is 2.53. The van der Waals surface area contributed by atoms with Crippen LogP contribution in [0.15, 0.2) is 36.5 Å². The molecule has 5 rings (SSSR count). The molecule has 1 N–H and O–H groups in total. The van der Waals surface area contributed by atoms with Crippen LogP contribution in [0, 0.1) is 11.8 Å². The van der Waals surface area contributed by atoms with Crippen molar-refractivity contribution in [1.82, 2.24) is 14.7 Å². The Kier molecular flexibility index (Phi) is 4.29. The molecule has 0 aliphatic carbocycles. The number of benzene rings is 1. The van der Waals surface area contributed by atoms with E-state index in [9.17, 15) is 8.42 Å². The summed E-state index contributed by atoms with van der Waals surface area (Å²) in [5.74, 6) is 1.77. The molecule has 3 saturated heterocycles. The lowest BCUT2D eigenvalue weighted by molar-refractivity contribution is 0.0406. The van der Waals surface area contributed by atoms with Crippen molar-refractivity contribution in [1.29, 1.82) is 0 Å². The van der Waals surface area contributed by atoms with Gasteiger partial charge in [0.2, 0.25) is 10.0 Å². The van der Waals surface area contributed by atoms with E-state index in [0.717, 1.165) is 36.4 Å². The predicted octanol–water partition coefficient (Wildman–Crippen LogP) is 2.26. The van der Waals surface area contributed by atoms with Crippen molar-refractivity contribution in [3.8, 4) is 11.1 Å². The molecule has 4 heterocycles. The zero-order chi connectivity index (χ0) is 17.4. The van der Waals surface area contributed by atoms with Gasteiger partial charge in [-0.2, -0.15) is 5.10 Å². The van der Waals surface area contributed by atoms with Crippen molar-refractivity contribution in [2.24, 2.45) is 11.8 Å². The molecule has 0 radical (unpaired) electrons. The average molecular weight is 360 g/mol. The Bertz CT molecular complexity index is 839. The third-order valence-electron chi connectivity index (χ3n) is 5.34. The normalized spacial score (nSPS) is 25.9. The van der Waals surface area contributed by atoms with Crippen LogP contribution in [0.25, 0.3) is 11.1 Å². The highest BCUT2D eigenvalue weighted by atomic mass is 32.2. The van der Waals surface area contributed by atoms with E-state index in [-0.39, 0.29) is 0 Å². The summed E-state index contributed by atoms with van der Waals surface area (Å²) in [5.41, 5.74) is 1.79. The standard InChI is InChI=1S/C18H24N4O2S/c1-25(23,24)20-18-17(15-5-3-2-4-6-15)13-22(19-18)12-16-11-21-9-7-14(16)8-10-21/h2-6,13-14,16H,7-12H2,1H3,(H,19,20). The van der Waals surface area contributed by atoms with E-state index in [2.05, 4.69) is 14.7 Å². The molecule has 0 saturated carbocycles. The van der Waals surface area contributed by atoms with E-state index in [1.165, 1.54) is 25.9 Å². The minimum absolute atomic E-state index is 0.412. The number of nitrogens with zero attached hydrogens (tertiary/aromatic N) is 3. The number of rotatable bonds is 5. The summed E-state index contributed by atoms with van der Waals surface area (Å²) in [6, 6.07) is 9.80. The van der Waals surface area contributed by atoms with Gasteiger partial charge < -0.3 is 4.90 Å². The van der Waals surface area contributed by atoms with E-state index in [4.69, 9.17) is 0 Å². The number of nitrogens with one attached hydrogen (secondary N) is 1. The Hall–Kier alpha value is -1.86. The van der Waals surface area contributed by atoms with Gasteiger partial charge in [-0.05, 0) is 43.3 Å². The summed E-state index contributed by atoms with van der Waals surface area (Å²) >= 11 is 0. The van der Waals surface area contributed by atoms with Gasteiger partial charge in [0.25, 0.3) is 0 Å². The van der Waals surface area contributed by atoms with Crippen LogP contribution in [0.4, 0.5) is 5.82 Å². The van der Waals surface area contributed by atoms with E-state index in [1.54, 1.807) is 0 Å². The second kappa shape index (κ2) is 6.46. The Morgan fingerprint density at radius 1 is 1.20 bits per heavy atom. The Balaban J connectivity index is 1.62. The Labute approximate surface area is 148 Å². The molecule has 134 valence electrons. The fourth-order valence-corrected chi connectivity index (χ4v) is 4.63. The van der Waals surface area contributed by atoms with Gasteiger partial charge in [0.1, 0.15) is 0 Å². The molecular weight excluding hydrogens is 336 g/mol. The molecule has 1 aromatic carbocycles. The maximum atomic E-state index is 11.7. The maximum Gasteiger partial charge on any atom is 0.231 e. The molecule has 3 fully saturated rings. The Morgan fingerprint density at radius 2 is 1.92 bits per heavy atom. The maximum absolute atomic E-state index is 11.7. The van der Waals surface area contributed by atoms with Gasteiger partial charge in [-0.15, -0.1) is 0 Å². The first kappa shape index (κ1) is 16.6. The zero-order valence-electron chi connectivity index (χ0n) is 14.4. The van der Waals surface area contributed by atoms with E-state index in [0.29, 0.717) is 11.7 Å². The molecule has 7 heteroatoms. The largest absolute Gasteiger partial charge is 0.303 e. The number of anilines is 1. The monoisotopic (exact) mass is 360 g/mol. The lowest BCUT2D eigenvalue weighted by Crippen LogP contribution is -2.48. The highest BCUT2D eigenvalue weighted by molar-refractivity contribution is 7.92. The highest BCUT2D eigenvalue weighted by Gasteiger charge is 2.34. The lowest BCUT2D eigenvalue weighted by Gasteiger charge is -2.44. The Morgan fingerprint density at radius 3 is 2.52 bits per heavy atom. The van der Waals surface area contributed by atoms with Crippen LogP contribution >= 0.6 is 0 Å². The third-order valence-corrected chi connectivity index (χ3v) is 5.91. The molecule has 3 aliphatic heterocycles. The summed E-state index contributed by atoms with van der Waals surface area (Å²) in [6.45, 7) is 4.40. The summed E-state index contributed by atoms with van der Waals surface area (Å²) in [6.07, 6.45) is 5.67. The summed E-state index contributed by atoms with van der Waals surface area (Å²) in [7, 11) is -3.37. The second-order valence-corrected chi connectivity index (χ2v) is 9.00. The number of fused-ring (bicyclic) bond motifs is 3. The van der Waals surface area contributed by atoms with Crippen molar-refractivity contribution >= 4 is 15.8 Å². The third kappa shape index (κ3) is 3.72. The molecule has 25 heavy (non-hydrogen) atoms. The minimum atomic E-state index is -3.37. The number of piperidine rings is 3. The summed E-state index contributed by atoms with van der Waals surface area (Å²) < 4.78 is 27.9. The average Bonchev–Trinajstić information content (AvgIpc) is 2.97. The number of hydrogen-bond acceptors (Lipinski definition) is 4. The second-order valence-electron chi connectivity index (χ2n) is 7.25. The first-order chi connectivity index (χ1) is 12.0. The van der Waals surface area contributed by atoms with Crippen molar-refractivity contribution in [3.63, 3.8) is 0 Å². The number of aromatic nitrogens is 2.